The Bertz CT molecular complexity index is 804. The monoisotopic (exact) mass is 466 g/mol. The summed E-state index contributed by atoms with van der Waals surface area (Å²) in [7, 11) is -2.40. The Labute approximate surface area is 192 Å². The van der Waals surface area contributed by atoms with Crippen molar-refractivity contribution >= 4 is 14.3 Å². The second-order valence-electron chi connectivity index (χ2n) is 10.7. The van der Waals surface area contributed by atoms with E-state index >= 15 is 0 Å². The van der Waals surface area contributed by atoms with Crippen LogP contribution in [0.2, 0.25) is 18.1 Å². The van der Waals surface area contributed by atoms with Gasteiger partial charge in [0.05, 0.1) is 13.2 Å². The van der Waals surface area contributed by atoms with Gasteiger partial charge in [0, 0.05) is 5.56 Å². The second kappa shape index (κ2) is 8.81. The van der Waals surface area contributed by atoms with Gasteiger partial charge in [0.2, 0.25) is 5.79 Å². The summed E-state index contributed by atoms with van der Waals surface area (Å²) in [6.07, 6.45) is -2.58. The molecule has 32 heavy (non-hydrogen) atoms. The van der Waals surface area contributed by atoms with E-state index in [1.807, 2.05) is 30.3 Å². The summed E-state index contributed by atoms with van der Waals surface area (Å²) in [5.41, 5.74) is -0.518. The van der Waals surface area contributed by atoms with E-state index in [-0.39, 0.29) is 18.3 Å². The van der Waals surface area contributed by atoms with Crippen LogP contribution in [0.25, 0.3) is 0 Å². The average molecular weight is 467 g/mol. The molecule has 0 saturated carbocycles. The van der Waals surface area contributed by atoms with Crippen LogP contribution in [0.4, 0.5) is 0 Å². The topological polar surface area (TPSA) is 83.5 Å². The molecule has 8 heteroatoms. The molecule has 0 radical (unpaired) electrons. The standard InChI is InChI=1S/C24H38O7Si/c1-9-27-21(25)23(5,6)24(26)19(31-32(7,8)22(2,3)4)18-17(15-28-24)29-20(30-18)16-13-11-10-12-14-16/h10-14,17-20,26H,9,15H2,1-8H3/t17-,18-,19-,20-,24?/m1/s1. The van der Waals surface area contributed by atoms with Gasteiger partial charge in [-0.15, -0.1) is 0 Å². The number of carbonyl (C=O) groups is 1. The van der Waals surface area contributed by atoms with Crippen molar-refractivity contribution in [2.75, 3.05) is 13.2 Å². The maximum Gasteiger partial charge on any atom is 0.317 e. The Morgan fingerprint density at radius 3 is 2.34 bits per heavy atom. The van der Waals surface area contributed by atoms with Crippen molar-refractivity contribution in [3.8, 4) is 0 Å². The molecule has 2 heterocycles. The molecule has 2 fully saturated rings. The lowest BCUT2D eigenvalue weighted by atomic mass is 9.76. The molecular formula is C24H38O7Si. The molecule has 0 amide bonds. The average Bonchev–Trinajstić information content (AvgIpc) is 3.14. The summed E-state index contributed by atoms with van der Waals surface area (Å²) < 4.78 is 30.5. The van der Waals surface area contributed by atoms with E-state index in [2.05, 4.69) is 33.9 Å². The fraction of sp³-hybridized carbons (Fsp3) is 0.708. The first-order valence-corrected chi connectivity index (χ1v) is 14.2. The highest BCUT2D eigenvalue weighted by molar-refractivity contribution is 6.74. The van der Waals surface area contributed by atoms with Gasteiger partial charge in [-0.1, -0.05) is 51.1 Å². The lowest BCUT2D eigenvalue weighted by Crippen LogP contribution is -2.70. The van der Waals surface area contributed by atoms with E-state index in [1.54, 1.807) is 20.8 Å². The summed E-state index contributed by atoms with van der Waals surface area (Å²) in [6, 6.07) is 9.63. The van der Waals surface area contributed by atoms with Gasteiger partial charge < -0.3 is 28.5 Å². The van der Waals surface area contributed by atoms with Crippen LogP contribution in [-0.4, -0.2) is 56.7 Å². The number of hydrogen-bond donors (Lipinski definition) is 1. The van der Waals surface area contributed by atoms with Gasteiger partial charge in [-0.3, -0.25) is 4.79 Å². The zero-order valence-corrected chi connectivity index (χ0v) is 21.5. The smallest absolute Gasteiger partial charge is 0.317 e. The van der Waals surface area contributed by atoms with Gasteiger partial charge in [-0.2, -0.15) is 0 Å². The van der Waals surface area contributed by atoms with Crippen LogP contribution in [0.3, 0.4) is 0 Å². The molecule has 1 aromatic rings. The van der Waals surface area contributed by atoms with E-state index < -0.39 is 50.1 Å². The molecule has 2 aliphatic heterocycles. The fourth-order valence-corrected chi connectivity index (χ4v) is 5.10. The molecule has 2 aliphatic rings. The number of aliphatic hydroxyl groups is 1. The van der Waals surface area contributed by atoms with Crippen molar-refractivity contribution in [1.29, 1.82) is 0 Å². The number of rotatable bonds is 6. The highest BCUT2D eigenvalue weighted by atomic mass is 28.4. The van der Waals surface area contributed by atoms with E-state index in [0.29, 0.717) is 0 Å². The van der Waals surface area contributed by atoms with Gasteiger partial charge in [0.1, 0.15) is 23.7 Å². The minimum absolute atomic E-state index is 0.0741. The molecule has 3 rings (SSSR count). The lowest BCUT2D eigenvalue weighted by molar-refractivity contribution is -0.342. The first-order chi connectivity index (χ1) is 14.7. The number of fused-ring (bicyclic) bond motifs is 1. The molecule has 0 aliphatic carbocycles. The molecule has 0 aromatic heterocycles. The van der Waals surface area contributed by atoms with E-state index in [0.717, 1.165) is 5.56 Å². The number of esters is 1. The van der Waals surface area contributed by atoms with Crippen molar-refractivity contribution < 1.29 is 33.3 Å². The lowest BCUT2D eigenvalue weighted by Gasteiger charge is -2.53. The minimum atomic E-state index is -2.40. The third-order valence-corrected chi connectivity index (χ3v) is 11.5. The highest BCUT2D eigenvalue weighted by Gasteiger charge is 2.66. The van der Waals surface area contributed by atoms with Crippen LogP contribution in [0.15, 0.2) is 30.3 Å². The Hall–Kier alpha value is -1.29. The fourth-order valence-electron chi connectivity index (χ4n) is 3.82. The van der Waals surface area contributed by atoms with E-state index in [4.69, 9.17) is 23.4 Å². The largest absolute Gasteiger partial charge is 0.465 e. The van der Waals surface area contributed by atoms with Crippen LogP contribution in [0, 0.1) is 5.41 Å². The molecule has 2 saturated heterocycles. The predicted molar refractivity (Wildman–Crippen MR) is 122 cm³/mol. The van der Waals surface area contributed by atoms with Crippen LogP contribution in [0.5, 0.6) is 0 Å². The van der Waals surface area contributed by atoms with E-state index in [9.17, 15) is 9.90 Å². The zero-order valence-electron chi connectivity index (χ0n) is 20.5. The second-order valence-corrected chi connectivity index (χ2v) is 15.4. The van der Waals surface area contributed by atoms with Crippen molar-refractivity contribution in [1.82, 2.24) is 0 Å². The van der Waals surface area contributed by atoms with Crippen LogP contribution in [-0.2, 0) is 28.2 Å². The van der Waals surface area contributed by atoms with Crippen molar-refractivity contribution in [3.63, 3.8) is 0 Å². The summed E-state index contributed by atoms with van der Waals surface area (Å²) in [5.74, 6) is -2.51. The summed E-state index contributed by atoms with van der Waals surface area (Å²) in [5, 5.41) is 11.8. The SMILES string of the molecule is CCOC(=O)C(C)(C)C1(O)OC[C@H]2O[C@@H](c3ccccc3)O[C@H]2[C@H]1O[Si](C)(C)C(C)(C)C. The van der Waals surface area contributed by atoms with Crippen molar-refractivity contribution in [2.24, 2.45) is 5.41 Å². The molecule has 180 valence electrons. The predicted octanol–water partition coefficient (Wildman–Crippen LogP) is 4.17. The molecule has 1 N–H and O–H groups in total. The maximum atomic E-state index is 12.9. The Morgan fingerprint density at radius 2 is 1.78 bits per heavy atom. The molecule has 1 unspecified atom stereocenters. The molecule has 0 bridgehead atoms. The summed E-state index contributed by atoms with van der Waals surface area (Å²) in [4.78, 5) is 12.9. The molecule has 5 atom stereocenters. The van der Waals surface area contributed by atoms with E-state index in [1.165, 1.54) is 0 Å². The normalized spacial score (nSPS) is 31.3. The number of hydrogen-bond acceptors (Lipinski definition) is 7. The Morgan fingerprint density at radius 1 is 1.16 bits per heavy atom. The number of carbonyl (C=O) groups excluding carboxylic acids is 1. The third-order valence-electron chi connectivity index (χ3n) is 7.08. The van der Waals surface area contributed by atoms with Gasteiger partial charge >= 0.3 is 5.97 Å². The maximum absolute atomic E-state index is 12.9. The van der Waals surface area contributed by atoms with Crippen LogP contribution >= 0.6 is 0 Å². The third kappa shape index (κ3) is 4.41. The highest BCUT2D eigenvalue weighted by Crippen LogP contribution is 2.49. The molecule has 0 spiro atoms. The Balaban J connectivity index is 2.00. The number of ether oxygens (including phenoxy) is 4. The first-order valence-electron chi connectivity index (χ1n) is 11.3. The number of benzene rings is 1. The van der Waals surface area contributed by atoms with Gasteiger partial charge in [-0.25, -0.2) is 0 Å². The Kier molecular flexibility index (Phi) is 6.98. The first kappa shape index (κ1) is 25.3. The molecule has 1 aromatic carbocycles. The van der Waals surface area contributed by atoms with Gasteiger partial charge in [0.25, 0.3) is 0 Å². The van der Waals surface area contributed by atoms with Crippen LogP contribution < -0.4 is 0 Å². The minimum Gasteiger partial charge on any atom is -0.465 e. The van der Waals surface area contributed by atoms with Crippen molar-refractivity contribution in [3.05, 3.63) is 35.9 Å². The van der Waals surface area contributed by atoms with Gasteiger partial charge in [0.15, 0.2) is 14.6 Å². The molecule has 7 nitrogen and oxygen atoms in total. The molecular weight excluding hydrogens is 428 g/mol. The zero-order chi connectivity index (χ0) is 23.9. The van der Waals surface area contributed by atoms with Crippen LogP contribution in [0.1, 0.15) is 53.4 Å². The van der Waals surface area contributed by atoms with Crippen molar-refractivity contribution in [2.45, 2.75) is 90.1 Å². The van der Waals surface area contributed by atoms with Gasteiger partial charge in [-0.05, 0) is 38.9 Å². The quantitative estimate of drug-likeness (QED) is 0.498. The summed E-state index contributed by atoms with van der Waals surface area (Å²) >= 11 is 0. The summed E-state index contributed by atoms with van der Waals surface area (Å²) in [6.45, 7) is 15.8.